The number of nitrogens with zero attached hydrogens (tertiary/aromatic N) is 1. The van der Waals surface area contributed by atoms with Gasteiger partial charge in [-0.15, -0.1) is 0 Å². The third-order valence-corrected chi connectivity index (χ3v) is 5.78. The van der Waals surface area contributed by atoms with Gasteiger partial charge >= 0.3 is 11.9 Å². The molecule has 0 saturated carbocycles. The highest BCUT2D eigenvalue weighted by atomic mass is 35.5. The molecule has 0 aromatic heterocycles. The maximum atomic E-state index is 13.2. The molecule has 0 spiro atoms. The summed E-state index contributed by atoms with van der Waals surface area (Å²) >= 11 is 6.00. The van der Waals surface area contributed by atoms with Crippen LogP contribution in [0.1, 0.15) is 57.1 Å². The van der Waals surface area contributed by atoms with E-state index in [1.807, 2.05) is 19.1 Å². The standard InChI is InChI=1S/C20H24ClNO5/c1-2-15(17-9-10-19(25)27-17)22-16(12-3-6-14(21)7-4-12)8-5-13(20(22)26)11-18(23)24/h3-4,6-7,13,15-17H,2,5,8-11H2,1H3,(H,23,24)/t13-,15+,16+,17?/m1/s1. The van der Waals surface area contributed by atoms with Gasteiger partial charge in [0.15, 0.2) is 0 Å². The van der Waals surface area contributed by atoms with Gasteiger partial charge in [0, 0.05) is 17.4 Å². The third kappa shape index (κ3) is 4.26. The van der Waals surface area contributed by atoms with Crippen LogP contribution in [0.4, 0.5) is 0 Å². The molecule has 2 fully saturated rings. The SMILES string of the molecule is CC[C@@H](C1CCC(=O)O1)N1C(=O)[C@@H](CC(=O)O)CC[C@H]1c1ccc(Cl)cc1. The highest BCUT2D eigenvalue weighted by molar-refractivity contribution is 6.30. The molecule has 27 heavy (non-hydrogen) atoms. The summed E-state index contributed by atoms with van der Waals surface area (Å²) in [6, 6.07) is 6.94. The molecular weight excluding hydrogens is 370 g/mol. The number of ether oxygens (including phenoxy) is 1. The monoisotopic (exact) mass is 393 g/mol. The Hall–Kier alpha value is -2.08. The van der Waals surface area contributed by atoms with Crippen LogP contribution in [0, 0.1) is 5.92 Å². The fourth-order valence-corrected chi connectivity index (χ4v) is 4.38. The van der Waals surface area contributed by atoms with Gasteiger partial charge < -0.3 is 14.7 Å². The first-order valence-corrected chi connectivity index (χ1v) is 9.77. The van der Waals surface area contributed by atoms with Crippen molar-refractivity contribution < 1.29 is 24.2 Å². The van der Waals surface area contributed by atoms with Gasteiger partial charge in [0.25, 0.3) is 0 Å². The summed E-state index contributed by atoms with van der Waals surface area (Å²) < 4.78 is 5.47. The van der Waals surface area contributed by atoms with Crippen LogP contribution < -0.4 is 0 Å². The van der Waals surface area contributed by atoms with E-state index in [0.29, 0.717) is 37.1 Å². The Balaban J connectivity index is 1.93. The molecule has 2 heterocycles. The van der Waals surface area contributed by atoms with Crippen molar-refractivity contribution in [3.8, 4) is 0 Å². The van der Waals surface area contributed by atoms with E-state index in [4.69, 9.17) is 16.3 Å². The zero-order chi connectivity index (χ0) is 19.6. The molecule has 1 amide bonds. The molecule has 3 rings (SSSR count). The second-order valence-corrected chi connectivity index (χ2v) is 7.66. The number of carboxylic acids is 1. The molecule has 146 valence electrons. The summed E-state index contributed by atoms with van der Waals surface area (Å²) in [7, 11) is 0. The number of carbonyl (C=O) groups is 3. The number of benzene rings is 1. The number of cyclic esters (lactones) is 1. The predicted molar refractivity (Wildman–Crippen MR) is 99.2 cm³/mol. The average molecular weight is 394 g/mol. The van der Waals surface area contributed by atoms with Gasteiger partial charge in [-0.3, -0.25) is 14.4 Å². The highest BCUT2D eigenvalue weighted by Crippen LogP contribution is 2.40. The molecule has 2 aliphatic rings. The maximum Gasteiger partial charge on any atom is 0.306 e. The second kappa shape index (κ2) is 8.30. The normalized spacial score (nSPS) is 26.7. The Bertz CT molecular complexity index is 720. The minimum atomic E-state index is -0.974. The summed E-state index contributed by atoms with van der Waals surface area (Å²) in [4.78, 5) is 37.8. The average Bonchev–Trinajstić information content (AvgIpc) is 3.05. The summed E-state index contributed by atoms with van der Waals surface area (Å²) in [5.41, 5.74) is 0.962. The van der Waals surface area contributed by atoms with Gasteiger partial charge in [-0.05, 0) is 43.4 Å². The van der Waals surface area contributed by atoms with Crippen LogP contribution in [0.15, 0.2) is 24.3 Å². The van der Waals surface area contributed by atoms with Crippen molar-refractivity contribution in [2.45, 2.75) is 63.6 Å². The van der Waals surface area contributed by atoms with E-state index in [1.165, 1.54) is 0 Å². The van der Waals surface area contributed by atoms with Gasteiger partial charge in [0.05, 0.1) is 18.5 Å². The van der Waals surface area contributed by atoms with Crippen LogP contribution in [0.25, 0.3) is 0 Å². The molecule has 7 heteroatoms. The van der Waals surface area contributed by atoms with Crippen LogP contribution >= 0.6 is 11.6 Å². The Kier molecular flexibility index (Phi) is 6.05. The Morgan fingerprint density at radius 3 is 2.52 bits per heavy atom. The van der Waals surface area contributed by atoms with E-state index in [0.717, 1.165) is 5.56 Å². The lowest BCUT2D eigenvalue weighted by Gasteiger charge is -2.45. The first kappa shape index (κ1) is 19.7. The Morgan fingerprint density at radius 2 is 1.96 bits per heavy atom. The highest BCUT2D eigenvalue weighted by Gasteiger charge is 2.44. The quantitative estimate of drug-likeness (QED) is 0.747. The predicted octanol–water partition coefficient (Wildman–Crippen LogP) is 3.58. The van der Waals surface area contributed by atoms with Crippen LogP contribution in [-0.4, -0.2) is 40.0 Å². The number of rotatable bonds is 6. The summed E-state index contributed by atoms with van der Waals surface area (Å²) in [5.74, 6) is -1.93. The van der Waals surface area contributed by atoms with Crippen LogP contribution in [0.5, 0.6) is 0 Å². The number of carboxylic acid groups (broad SMARTS) is 1. The lowest BCUT2D eigenvalue weighted by atomic mass is 9.84. The number of hydrogen-bond acceptors (Lipinski definition) is 4. The Labute approximate surface area is 163 Å². The van der Waals surface area contributed by atoms with Gasteiger partial charge in [0.1, 0.15) is 6.10 Å². The smallest absolute Gasteiger partial charge is 0.306 e. The molecule has 0 aliphatic carbocycles. The number of aliphatic carboxylic acids is 1. The van der Waals surface area contributed by atoms with Gasteiger partial charge in [0.2, 0.25) is 5.91 Å². The summed E-state index contributed by atoms with van der Waals surface area (Å²) in [6.07, 6.45) is 2.24. The van der Waals surface area contributed by atoms with Crippen molar-refractivity contribution in [1.29, 1.82) is 0 Å². The fraction of sp³-hybridized carbons (Fsp3) is 0.550. The van der Waals surface area contributed by atoms with Gasteiger partial charge in [-0.1, -0.05) is 30.7 Å². The topological polar surface area (TPSA) is 83.9 Å². The van der Waals surface area contributed by atoms with Crippen molar-refractivity contribution in [3.05, 3.63) is 34.9 Å². The van der Waals surface area contributed by atoms with Crippen molar-refractivity contribution in [2.24, 2.45) is 5.92 Å². The molecule has 1 aromatic carbocycles. The molecular formula is C20H24ClNO5. The van der Waals surface area contributed by atoms with Gasteiger partial charge in [-0.2, -0.15) is 0 Å². The summed E-state index contributed by atoms with van der Waals surface area (Å²) in [5, 5.41) is 9.79. The molecule has 1 unspecified atom stereocenters. The van der Waals surface area contributed by atoms with Crippen molar-refractivity contribution in [2.75, 3.05) is 0 Å². The van der Waals surface area contributed by atoms with E-state index < -0.39 is 11.9 Å². The van der Waals surface area contributed by atoms with E-state index >= 15 is 0 Å². The van der Waals surface area contributed by atoms with E-state index in [1.54, 1.807) is 17.0 Å². The lowest BCUT2D eigenvalue weighted by molar-refractivity contribution is -0.157. The molecule has 2 saturated heterocycles. The molecule has 1 aromatic rings. The number of hydrogen-bond donors (Lipinski definition) is 1. The molecule has 2 aliphatic heterocycles. The molecule has 0 radical (unpaired) electrons. The van der Waals surface area contributed by atoms with E-state index in [9.17, 15) is 19.5 Å². The second-order valence-electron chi connectivity index (χ2n) is 7.23. The summed E-state index contributed by atoms with van der Waals surface area (Å²) in [6.45, 7) is 1.96. The van der Waals surface area contributed by atoms with Crippen LogP contribution in [0.2, 0.25) is 5.02 Å². The van der Waals surface area contributed by atoms with Gasteiger partial charge in [-0.25, -0.2) is 0 Å². The molecule has 1 N–H and O–H groups in total. The number of amides is 1. The lowest BCUT2D eigenvalue weighted by Crippen LogP contribution is -2.53. The third-order valence-electron chi connectivity index (χ3n) is 5.52. The number of likely N-dealkylation sites (tertiary alicyclic amines) is 1. The zero-order valence-electron chi connectivity index (χ0n) is 15.3. The number of carbonyl (C=O) groups excluding carboxylic acids is 2. The maximum absolute atomic E-state index is 13.2. The fourth-order valence-electron chi connectivity index (χ4n) is 4.25. The van der Waals surface area contributed by atoms with Crippen LogP contribution in [-0.2, 0) is 19.1 Å². The van der Waals surface area contributed by atoms with E-state index in [2.05, 4.69) is 0 Å². The number of halogens is 1. The van der Waals surface area contributed by atoms with Crippen molar-refractivity contribution in [1.82, 2.24) is 4.90 Å². The minimum absolute atomic E-state index is 0.168. The molecule has 0 bridgehead atoms. The Morgan fingerprint density at radius 1 is 1.26 bits per heavy atom. The van der Waals surface area contributed by atoms with E-state index in [-0.39, 0.29) is 36.5 Å². The van der Waals surface area contributed by atoms with Crippen LogP contribution in [0.3, 0.4) is 0 Å². The number of esters is 1. The molecule has 4 atom stereocenters. The molecule has 6 nitrogen and oxygen atoms in total. The first-order valence-electron chi connectivity index (χ1n) is 9.39. The first-order chi connectivity index (χ1) is 12.9. The zero-order valence-corrected chi connectivity index (χ0v) is 16.0. The minimum Gasteiger partial charge on any atom is -0.481 e. The van der Waals surface area contributed by atoms with Crippen molar-refractivity contribution >= 4 is 29.4 Å². The van der Waals surface area contributed by atoms with Crippen molar-refractivity contribution in [3.63, 3.8) is 0 Å². The largest absolute Gasteiger partial charge is 0.481 e. The number of piperidine rings is 1.